The highest BCUT2D eigenvalue weighted by molar-refractivity contribution is 7.11. The molecule has 2 heterocycles. The molecule has 4 bridgehead atoms. The van der Waals surface area contributed by atoms with Crippen LogP contribution >= 0.6 is 11.3 Å². The summed E-state index contributed by atoms with van der Waals surface area (Å²) in [4.78, 5) is 34.6. The average Bonchev–Trinajstić information content (AvgIpc) is 3.54. The van der Waals surface area contributed by atoms with Crippen molar-refractivity contribution < 1.29 is 14.3 Å². The van der Waals surface area contributed by atoms with Crippen molar-refractivity contribution in [2.75, 3.05) is 19.7 Å². The first-order chi connectivity index (χ1) is 18.0. The standard InChI is InChI=1S/C31H40N2O3S/c1-22-9-10-28(37-22)20-32(18-23-6-3-2-4-7-23)29(34)21-33(19-27-8-5-11-36-27)30(35)31-15-24-12-25(16-31)14-26(13-24)17-31/h2-4,6-7,9-10,24-27H,5,8,11-21H2,1H3. The molecule has 4 saturated carbocycles. The molecule has 1 aromatic heterocycles. The predicted octanol–water partition coefficient (Wildman–Crippen LogP) is 5.81. The van der Waals surface area contributed by atoms with E-state index in [2.05, 4.69) is 31.2 Å². The van der Waals surface area contributed by atoms with Crippen molar-refractivity contribution in [1.29, 1.82) is 0 Å². The van der Waals surface area contributed by atoms with Crippen LogP contribution in [-0.4, -0.2) is 47.4 Å². The van der Waals surface area contributed by atoms with E-state index in [4.69, 9.17) is 4.74 Å². The number of ether oxygens (including phenoxy) is 1. The smallest absolute Gasteiger partial charge is 0.242 e. The van der Waals surface area contributed by atoms with Gasteiger partial charge < -0.3 is 14.5 Å². The first kappa shape index (κ1) is 25.1. The van der Waals surface area contributed by atoms with Gasteiger partial charge in [-0.2, -0.15) is 0 Å². The summed E-state index contributed by atoms with van der Waals surface area (Å²) in [6, 6.07) is 14.4. The SMILES string of the molecule is Cc1ccc(CN(Cc2ccccc2)C(=O)CN(CC2CCCO2)C(=O)C23CC4CC(CC(C4)C2)C3)s1. The molecule has 2 amide bonds. The molecular formula is C31H40N2O3S. The van der Waals surface area contributed by atoms with Gasteiger partial charge in [0.25, 0.3) is 0 Å². The molecule has 37 heavy (non-hydrogen) atoms. The van der Waals surface area contributed by atoms with E-state index in [-0.39, 0.29) is 29.9 Å². The van der Waals surface area contributed by atoms with Crippen molar-refractivity contribution in [3.8, 4) is 0 Å². The molecular weight excluding hydrogens is 480 g/mol. The molecule has 198 valence electrons. The molecule has 0 spiro atoms. The maximum atomic E-state index is 14.4. The number of rotatable bonds is 9. The largest absolute Gasteiger partial charge is 0.376 e. The number of hydrogen-bond acceptors (Lipinski definition) is 4. The lowest BCUT2D eigenvalue weighted by molar-refractivity contribution is -0.162. The van der Waals surface area contributed by atoms with Crippen LogP contribution in [0.3, 0.4) is 0 Å². The van der Waals surface area contributed by atoms with Gasteiger partial charge in [-0.05, 0) is 93.7 Å². The summed E-state index contributed by atoms with van der Waals surface area (Å²) in [6.07, 6.45) is 9.06. The van der Waals surface area contributed by atoms with E-state index >= 15 is 0 Å². The average molecular weight is 521 g/mol. The molecule has 4 aliphatic carbocycles. The highest BCUT2D eigenvalue weighted by Crippen LogP contribution is 2.60. The quantitative estimate of drug-likeness (QED) is 0.419. The third-order valence-corrected chi connectivity index (χ3v) is 10.3. The Kier molecular flexibility index (Phi) is 7.15. The van der Waals surface area contributed by atoms with Crippen LogP contribution in [0.2, 0.25) is 0 Å². The van der Waals surface area contributed by atoms with Crippen LogP contribution in [0.5, 0.6) is 0 Å². The Morgan fingerprint density at radius 3 is 2.24 bits per heavy atom. The first-order valence-electron chi connectivity index (χ1n) is 14.2. The topological polar surface area (TPSA) is 49.9 Å². The van der Waals surface area contributed by atoms with Gasteiger partial charge >= 0.3 is 0 Å². The molecule has 0 radical (unpaired) electrons. The van der Waals surface area contributed by atoms with Gasteiger partial charge in [0.1, 0.15) is 0 Å². The highest BCUT2D eigenvalue weighted by atomic mass is 32.1. The molecule has 1 saturated heterocycles. The van der Waals surface area contributed by atoms with Crippen LogP contribution in [0.25, 0.3) is 0 Å². The van der Waals surface area contributed by atoms with Gasteiger partial charge in [-0.25, -0.2) is 0 Å². The van der Waals surface area contributed by atoms with Gasteiger partial charge in [-0.1, -0.05) is 30.3 Å². The summed E-state index contributed by atoms with van der Waals surface area (Å²) in [7, 11) is 0. The van der Waals surface area contributed by atoms with E-state index < -0.39 is 0 Å². The van der Waals surface area contributed by atoms with Crippen LogP contribution < -0.4 is 0 Å². The minimum Gasteiger partial charge on any atom is -0.376 e. The molecule has 5 fully saturated rings. The Balaban J connectivity index is 1.23. The van der Waals surface area contributed by atoms with Gasteiger partial charge in [-0.3, -0.25) is 9.59 Å². The molecule has 1 aromatic carbocycles. The van der Waals surface area contributed by atoms with Crippen molar-refractivity contribution in [1.82, 2.24) is 9.80 Å². The molecule has 6 heteroatoms. The molecule has 7 rings (SSSR count). The Labute approximate surface area is 225 Å². The molecule has 1 aliphatic heterocycles. The Bertz CT molecular complexity index is 1070. The van der Waals surface area contributed by atoms with Crippen LogP contribution in [0.1, 0.15) is 66.7 Å². The van der Waals surface area contributed by atoms with Gasteiger partial charge in [0.15, 0.2) is 0 Å². The third-order valence-electron chi connectivity index (χ3n) is 9.26. The minimum absolute atomic E-state index is 0.0333. The number of carbonyl (C=O) groups excluding carboxylic acids is 2. The zero-order chi connectivity index (χ0) is 25.4. The van der Waals surface area contributed by atoms with Gasteiger partial charge in [0.2, 0.25) is 11.8 Å². The van der Waals surface area contributed by atoms with Gasteiger partial charge in [-0.15, -0.1) is 11.3 Å². The monoisotopic (exact) mass is 520 g/mol. The number of thiophene rings is 1. The number of hydrogen-bond donors (Lipinski definition) is 0. The molecule has 1 unspecified atom stereocenters. The molecule has 0 N–H and O–H groups in total. The number of aryl methyl sites for hydroxylation is 1. The van der Waals surface area contributed by atoms with Gasteiger partial charge in [0.05, 0.1) is 24.6 Å². The summed E-state index contributed by atoms with van der Waals surface area (Å²) in [5, 5.41) is 0. The lowest BCUT2D eigenvalue weighted by Gasteiger charge is -2.56. The van der Waals surface area contributed by atoms with Gasteiger partial charge in [0, 0.05) is 29.5 Å². The van der Waals surface area contributed by atoms with Crippen molar-refractivity contribution >= 4 is 23.2 Å². The summed E-state index contributed by atoms with van der Waals surface area (Å²) in [5.41, 5.74) is 0.866. The van der Waals surface area contributed by atoms with Crippen molar-refractivity contribution in [3.05, 3.63) is 57.8 Å². The molecule has 5 nitrogen and oxygen atoms in total. The van der Waals surface area contributed by atoms with Crippen LogP contribution in [-0.2, 0) is 27.4 Å². The fourth-order valence-corrected chi connectivity index (χ4v) is 8.93. The normalized spacial score (nSPS) is 30.0. The number of nitrogens with zero attached hydrogens (tertiary/aromatic N) is 2. The summed E-state index contributed by atoms with van der Waals surface area (Å²) >= 11 is 1.74. The van der Waals surface area contributed by atoms with Crippen molar-refractivity contribution in [2.45, 2.75) is 77.5 Å². The Morgan fingerprint density at radius 1 is 0.946 bits per heavy atom. The van der Waals surface area contributed by atoms with E-state index in [9.17, 15) is 9.59 Å². The van der Waals surface area contributed by atoms with Crippen molar-refractivity contribution in [3.63, 3.8) is 0 Å². The van der Waals surface area contributed by atoms with E-state index in [1.165, 1.54) is 29.0 Å². The van der Waals surface area contributed by atoms with Crippen LogP contribution in [0.4, 0.5) is 0 Å². The van der Waals surface area contributed by atoms with Crippen LogP contribution in [0, 0.1) is 30.1 Å². The maximum Gasteiger partial charge on any atom is 0.242 e. The van der Waals surface area contributed by atoms with E-state index in [0.29, 0.717) is 37.4 Å². The minimum atomic E-state index is -0.247. The van der Waals surface area contributed by atoms with E-state index in [1.54, 1.807) is 11.3 Å². The van der Waals surface area contributed by atoms with Crippen LogP contribution in [0.15, 0.2) is 42.5 Å². The second kappa shape index (κ2) is 10.5. The summed E-state index contributed by atoms with van der Waals surface area (Å²) in [6.45, 7) is 4.68. The third kappa shape index (κ3) is 5.51. The van der Waals surface area contributed by atoms with E-state index in [0.717, 1.165) is 44.3 Å². The maximum absolute atomic E-state index is 14.4. The molecule has 1 atom stereocenters. The van der Waals surface area contributed by atoms with E-state index in [1.807, 2.05) is 28.0 Å². The summed E-state index contributed by atoms with van der Waals surface area (Å²) in [5.74, 6) is 2.37. The fourth-order valence-electron chi connectivity index (χ4n) is 8.02. The molecule has 2 aromatic rings. The Hall–Kier alpha value is -2.18. The first-order valence-corrected chi connectivity index (χ1v) is 15.1. The zero-order valence-electron chi connectivity index (χ0n) is 22.1. The lowest BCUT2D eigenvalue weighted by Crippen LogP contribution is -2.57. The lowest BCUT2D eigenvalue weighted by atomic mass is 9.49. The van der Waals surface area contributed by atoms with Crippen molar-refractivity contribution in [2.24, 2.45) is 23.2 Å². The predicted molar refractivity (Wildman–Crippen MR) is 146 cm³/mol. The highest BCUT2D eigenvalue weighted by Gasteiger charge is 2.55. The Morgan fingerprint density at radius 2 is 1.65 bits per heavy atom. The molecule has 5 aliphatic rings. The number of amides is 2. The zero-order valence-corrected chi connectivity index (χ0v) is 22.9. The fraction of sp³-hybridized carbons (Fsp3) is 0.613. The second-order valence-electron chi connectivity index (χ2n) is 12.3. The second-order valence-corrected chi connectivity index (χ2v) is 13.6. The number of benzene rings is 1. The number of carbonyl (C=O) groups is 2. The summed E-state index contributed by atoms with van der Waals surface area (Å²) < 4.78 is 5.97.